The van der Waals surface area contributed by atoms with Crippen LogP contribution in [0.4, 0.5) is 0 Å². The first kappa shape index (κ1) is 12.9. The highest BCUT2D eigenvalue weighted by Crippen LogP contribution is 2.39. The van der Waals surface area contributed by atoms with Gasteiger partial charge in [0, 0.05) is 0 Å². The van der Waals surface area contributed by atoms with Crippen LogP contribution in [-0.4, -0.2) is 23.4 Å². The summed E-state index contributed by atoms with van der Waals surface area (Å²) in [5.41, 5.74) is 6.73. The Hall–Kier alpha value is -2.08. The van der Waals surface area contributed by atoms with E-state index in [4.69, 9.17) is 19.7 Å². The summed E-state index contributed by atoms with van der Waals surface area (Å²) >= 11 is 0. The lowest BCUT2D eigenvalue weighted by Crippen LogP contribution is -2.15. The van der Waals surface area contributed by atoms with Gasteiger partial charge in [-0.1, -0.05) is 24.6 Å². The van der Waals surface area contributed by atoms with E-state index in [1.807, 2.05) is 18.2 Å². The Morgan fingerprint density at radius 1 is 1.30 bits per heavy atom. The summed E-state index contributed by atoms with van der Waals surface area (Å²) in [4.78, 5) is 4.37. The van der Waals surface area contributed by atoms with E-state index in [0.717, 1.165) is 18.4 Å². The first-order valence-electron chi connectivity index (χ1n) is 6.77. The summed E-state index contributed by atoms with van der Waals surface area (Å²) in [7, 11) is 0. The van der Waals surface area contributed by atoms with Gasteiger partial charge in [0.25, 0.3) is 5.89 Å². The third kappa shape index (κ3) is 2.34. The third-order valence-corrected chi connectivity index (χ3v) is 3.17. The summed E-state index contributed by atoms with van der Waals surface area (Å²) in [5, 5.41) is 3.95. The highest BCUT2D eigenvalue weighted by Gasteiger charge is 2.22. The van der Waals surface area contributed by atoms with E-state index < -0.39 is 0 Å². The fraction of sp³-hybridized carbons (Fsp3) is 0.429. The van der Waals surface area contributed by atoms with E-state index in [1.54, 1.807) is 0 Å². The lowest BCUT2D eigenvalue weighted by atomic mass is 10.1. The highest BCUT2D eigenvalue weighted by atomic mass is 16.6. The summed E-state index contributed by atoms with van der Waals surface area (Å²) in [6.45, 7) is 3.13. The molecular weight excluding hydrogens is 258 g/mol. The van der Waals surface area contributed by atoms with E-state index in [-0.39, 0.29) is 6.04 Å². The van der Waals surface area contributed by atoms with Crippen molar-refractivity contribution in [1.29, 1.82) is 0 Å². The molecule has 2 N–H and O–H groups in total. The molecule has 1 aromatic heterocycles. The molecule has 0 radical (unpaired) electrons. The van der Waals surface area contributed by atoms with Crippen LogP contribution in [0.3, 0.4) is 0 Å². The predicted molar refractivity (Wildman–Crippen MR) is 72.6 cm³/mol. The van der Waals surface area contributed by atoms with Crippen molar-refractivity contribution in [1.82, 2.24) is 10.1 Å². The van der Waals surface area contributed by atoms with Gasteiger partial charge in [0.15, 0.2) is 17.3 Å². The van der Waals surface area contributed by atoms with E-state index >= 15 is 0 Å². The van der Waals surface area contributed by atoms with Gasteiger partial charge in [-0.3, -0.25) is 0 Å². The molecule has 3 rings (SSSR count). The molecule has 1 aromatic carbocycles. The SMILES string of the molecule is CCCC(N)c1noc(-c2cccc3c2OCCO3)n1. The van der Waals surface area contributed by atoms with Crippen LogP contribution in [-0.2, 0) is 0 Å². The van der Waals surface area contributed by atoms with Gasteiger partial charge in [0.05, 0.1) is 11.6 Å². The summed E-state index contributed by atoms with van der Waals surface area (Å²) in [6, 6.07) is 5.40. The molecule has 0 saturated carbocycles. The standard InChI is InChI=1S/C14H17N3O3/c1-2-4-10(15)13-16-14(20-17-13)9-5-3-6-11-12(9)19-8-7-18-11/h3,5-6,10H,2,4,7-8,15H2,1H3. The molecule has 1 atom stereocenters. The van der Waals surface area contributed by atoms with Gasteiger partial charge >= 0.3 is 0 Å². The molecule has 6 nitrogen and oxygen atoms in total. The maximum Gasteiger partial charge on any atom is 0.261 e. The van der Waals surface area contributed by atoms with Gasteiger partial charge in [-0.15, -0.1) is 0 Å². The lowest BCUT2D eigenvalue weighted by molar-refractivity contribution is 0.172. The van der Waals surface area contributed by atoms with Gasteiger partial charge in [0.1, 0.15) is 13.2 Å². The zero-order valence-corrected chi connectivity index (χ0v) is 11.3. The molecule has 0 bridgehead atoms. The molecule has 1 unspecified atom stereocenters. The van der Waals surface area contributed by atoms with Crippen LogP contribution in [0, 0.1) is 0 Å². The molecule has 1 aliphatic rings. The van der Waals surface area contributed by atoms with Crippen LogP contribution in [0.2, 0.25) is 0 Å². The molecule has 0 spiro atoms. The molecule has 0 fully saturated rings. The number of ether oxygens (including phenoxy) is 2. The van der Waals surface area contributed by atoms with E-state index in [1.165, 1.54) is 0 Å². The average molecular weight is 275 g/mol. The average Bonchev–Trinajstić information content (AvgIpc) is 2.97. The van der Waals surface area contributed by atoms with E-state index in [0.29, 0.717) is 36.4 Å². The van der Waals surface area contributed by atoms with Crippen molar-refractivity contribution < 1.29 is 14.0 Å². The topological polar surface area (TPSA) is 83.4 Å². The second kappa shape index (κ2) is 5.50. The maximum atomic E-state index is 5.99. The number of rotatable bonds is 4. The van der Waals surface area contributed by atoms with Crippen LogP contribution in [0.25, 0.3) is 11.5 Å². The normalized spacial score (nSPS) is 15.1. The Bertz CT molecular complexity index is 597. The van der Waals surface area contributed by atoms with Gasteiger partial charge < -0.3 is 19.7 Å². The van der Waals surface area contributed by atoms with Crippen LogP contribution in [0.15, 0.2) is 22.7 Å². The van der Waals surface area contributed by atoms with Crippen LogP contribution in [0.5, 0.6) is 11.5 Å². The fourth-order valence-corrected chi connectivity index (χ4v) is 2.18. The number of aromatic nitrogens is 2. The van der Waals surface area contributed by atoms with Crippen molar-refractivity contribution in [3.05, 3.63) is 24.0 Å². The minimum Gasteiger partial charge on any atom is -0.486 e. The Morgan fingerprint density at radius 2 is 2.15 bits per heavy atom. The minimum atomic E-state index is -0.200. The number of hydrogen-bond donors (Lipinski definition) is 1. The van der Waals surface area contributed by atoms with E-state index in [9.17, 15) is 0 Å². The van der Waals surface area contributed by atoms with Crippen molar-refractivity contribution in [3.8, 4) is 23.0 Å². The second-order valence-corrected chi connectivity index (χ2v) is 4.68. The van der Waals surface area contributed by atoms with Crippen LogP contribution >= 0.6 is 0 Å². The molecule has 20 heavy (non-hydrogen) atoms. The smallest absolute Gasteiger partial charge is 0.261 e. The summed E-state index contributed by atoms with van der Waals surface area (Å²) in [5.74, 6) is 2.29. The first-order valence-corrected chi connectivity index (χ1v) is 6.77. The molecule has 0 amide bonds. The van der Waals surface area contributed by atoms with Gasteiger partial charge in [-0.2, -0.15) is 4.98 Å². The van der Waals surface area contributed by atoms with Crippen molar-refractivity contribution >= 4 is 0 Å². The molecule has 0 saturated heterocycles. The van der Waals surface area contributed by atoms with Crippen molar-refractivity contribution in [2.75, 3.05) is 13.2 Å². The molecule has 1 aliphatic heterocycles. The zero-order valence-electron chi connectivity index (χ0n) is 11.3. The van der Waals surface area contributed by atoms with Gasteiger partial charge in [-0.05, 0) is 18.6 Å². The van der Waals surface area contributed by atoms with Crippen molar-refractivity contribution in [3.63, 3.8) is 0 Å². The minimum absolute atomic E-state index is 0.200. The van der Waals surface area contributed by atoms with Gasteiger partial charge in [0.2, 0.25) is 0 Å². The number of benzene rings is 1. The molecular formula is C14H17N3O3. The second-order valence-electron chi connectivity index (χ2n) is 4.68. The quantitative estimate of drug-likeness (QED) is 0.921. The van der Waals surface area contributed by atoms with E-state index in [2.05, 4.69) is 17.1 Å². The lowest BCUT2D eigenvalue weighted by Gasteiger charge is -2.19. The predicted octanol–water partition coefficient (Wildman–Crippen LogP) is 2.31. The van der Waals surface area contributed by atoms with Gasteiger partial charge in [-0.25, -0.2) is 0 Å². The maximum absolute atomic E-state index is 5.99. The molecule has 106 valence electrons. The van der Waals surface area contributed by atoms with Crippen LogP contribution in [0.1, 0.15) is 31.6 Å². The molecule has 2 heterocycles. The Balaban J connectivity index is 1.94. The fourth-order valence-electron chi connectivity index (χ4n) is 2.18. The molecule has 6 heteroatoms. The number of para-hydroxylation sites is 1. The molecule has 0 aliphatic carbocycles. The Morgan fingerprint density at radius 3 is 3.00 bits per heavy atom. The van der Waals surface area contributed by atoms with Crippen molar-refractivity contribution in [2.45, 2.75) is 25.8 Å². The Labute approximate surface area is 116 Å². The Kier molecular flexibility index (Phi) is 3.56. The number of fused-ring (bicyclic) bond motifs is 1. The third-order valence-electron chi connectivity index (χ3n) is 3.17. The number of hydrogen-bond acceptors (Lipinski definition) is 6. The highest BCUT2D eigenvalue weighted by molar-refractivity contribution is 5.67. The number of nitrogens with zero attached hydrogens (tertiary/aromatic N) is 2. The first-order chi connectivity index (χ1) is 9.79. The zero-order chi connectivity index (χ0) is 13.9. The summed E-state index contributed by atoms with van der Waals surface area (Å²) < 4.78 is 16.5. The molecule has 2 aromatic rings. The number of nitrogens with two attached hydrogens (primary N) is 1. The van der Waals surface area contributed by atoms with Crippen molar-refractivity contribution in [2.24, 2.45) is 5.73 Å². The van der Waals surface area contributed by atoms with Crippen LogP contribution < -0.4 is 15.2 Å². The monoisotopic (exact) mass is 275 g/mol. The summed E-state index contributed by atoms with van der Waals surface area (Å²) in [6.07, 6.45) is 1.80. The largest absolute Gasteiger partial charge is 0.486 e.